The van der Waals surface area contributed by atoms with E-state index in [1.807, 2.05) is 25.2 Å². The van der Waals surface area contributed by atoms with E-state index in [1.54, 1.807) is 0 Å². The van der Waals surface area contributed by atoms with Crippen LogP contribution in [0.15, 0.2) is 48.5 Å². The van der Waals surface area contributed by atoms with Crippen molar-refractivity contribution in [1.29, 1.82) is 0 Å². The predicted octanol–water partition coefficient (Wildman–Crippen LogP) is 3.49. The third-order valence-electron chi connectivity index (χ3n) is 3.49. The first kappa shape index (κ1) is 11.8. The van der Waals surface area contributed by atoms with Crippen LogP contribution in [0, 0.1) is 6.92 Å². The van der Waals surface area contributed by atoms with Gasteiger partial charge in [0.25, 0.3) is 0 Å². The predicted molar refractivity (Wildman–Crippen MR) is 79.2 cm³/mol. The first-order valence-corrected chi connectivity index (χ1v) is 6.45. The molecular formula is C16H17N3. The molecule has 0 bridgehead atoms. The van der Waals surface area contributed by atoms with Crippen molar-refractivity contribution in [2.75, 3.05) is 5.32 Å². The molecule has 1 N–H and O–H groups in total. The Morgan fingerprint density at radius 3 is 2.58 bits per heavy atom. The summed E-state index contributed by atoms with van der Waals surface area (Å²) in [7, 11) is 2.04. The van der Waals surface area contributed by atoms with E-state index >= 15 is 0 Å². The SMILES string of the molecule is Cc1ccccc1CNc1nc2ccccc2n1C. The molecule has 0 spiro atoms. The average molecular weight is 251 g/mol. The van der Waals surface area contributed by atoms with E-state index in [2.05, 4.69) is 52.1 Å². The summed E-state index contributed by atoms with van der Waals surface area (Å²) in [6.45, 7) is 2.93. The third kappa shape index (κ3) is 2.19. The molecule has 1 heterocycles. The number of hydrogen-bond donors (Lipinski definition) is 1. The molecule has 3 aromatic rings. The van der Waals surface area contributed by atoms with E-state index in [9.17, 15) is 0 Å². The van der Waals surface area contributed by atoms with Crippen molar-refractivity contribution in [3.8, 4) is 0 Å². The van der Waals surface area contributed by atoms with Crippen molar-refractivity contribution in [2.24, 2.45) is 7.05 Å². The second kappa shape index (κ2) is 4.76. The first-order chi connectivity index (χ1) is 9.25. The van der Waals surface area contributed by atoms with Crippen molar-refractivity contribution in [2.45, 2.75) is 13.5 Å². The van der Waals surface area contributed by atoms with Crippen LogP contribution in [0.2, 0.25) is 0 Å². The lowest BCUT2D eigenvalue weighted by Crippen LogP contribution is -2.05. The summed E-state index contributed by atoms with van der Waals surface area (Å²) in [5.41, 5.74) is 4.77. The number of imidazole rings is 1. The maximum absolute atomic E-state index is 4.61. The first-order valence-electron chi connectivity index (χ1n) is 6.45. The zero-order valence-corrected chi connectivity index (χ0v) is 11.2. The quantitative estimate of drug-likeness (QED) is 0.772. The number of aromatic nitrogens is 2. The van der Waals surface area contributed by atoms with Crippen LogP contribution in [0.25, 0.3) is 11.0 Å². The molecule has 1 aromatic heterocycles. The lowest BCUT2D eigenvalue weighted by molar-refractivity contribution is 0.925. The molecule has 19 heavy (non-hydrogen) atoms. The lowest BCUT2D eigenvalue weighted by Gasteiger charge is -2.08. The largest absolute Gasteiger partial charge is 0.352 e. The standard InChI is InChI=1S/C16H17N3/c1-12-7-3-4-8-13(12)11-17-16-18-14-9-5-6-10-15(14)19(16)2/h3-10H,11H2,1-2H3,(H,17,18). The molecule has 0 aliphatic rings. The summed E-state index contributed by atoms with van der Waals surface area (Å²) in [4.78, 5) is 4.61. The Bertz CT molecular complexity index is 713. The maximum atomic E-state index is 4.61. The average Bonchev–Trinajstić information content (AvgIpc) is 2.75. The normalized spacial score (nSPS) is 10.8. The Morgan fingerprint density at radius 2 is 1.79 bits per heavy atom. The fourth-order valence-corrected chi connectivity index (χ4v) is 2.29. The molecule has 3 heteroatoms. The van der Waals surface area contributed by atoms with Crippen LogP contribution >= 0.6 is 0 Å². The second-order valence-corrected chi connectivity index (χ2v) is 4.76. The van der Waals surface area contributed by atoms with Crippen molar-refractivity contribution in [3.05, 3.63) is 59.7 Å². The van der Waals surface area contributed by atoms with Gasteiger partial charge in [0.05, 0.1) is 11.0 Å². The molecule has 0 aliphatic heterocycles. The monoisotopic (exact) mass is 251 g/mol. The Hall–Kier alpha value is -2.29. The van der Waals surface area contributed by atoms with Gasteiger partial charge in [0.1, 0.15) is 0 Å². The Morgan fingerprint density at radius 1 is 1.05 bits per heavy atom. The van der Waals surface area contributed by atoms with Gasteiger partial charge in [-0.15, -0.1) is 0 Å². The summed E-state index contributed by atoms with van der Waals surface area (Å²) in [6, 6.07) is 16.6. The number of benzene rings is 2. The Balaban J connectivity index is 1.86. The van der Waals surface area contributed by atoms with E-state index in [1.165, 1.54) is 11.1 Å². The highest BCUT2D eigenvalue weighted by atomic mass is 15.2. The minimum absolute atomic E-state index is 0.795. The second-order valence-electron chi connectivity index (χ2n) is 4.76. The van der Waals surface area contributed by atoms with Gasteiger partial charge < -0.3 is 9.88 Å². The summed E-state index contributed by atoms with van der Waals surface area (Å²) in [5.74, 6) is 0.907. The van der Waals surface area contributed by atoms with Gasteiger partial charge in [-0.2, -0.15) is 0 Å². The molecule has 0 aliphatic carbocycles. The molecule has 0 radical (unpaired) electrons. The maximum Gasteiger partial charge on any atom is 0.203 e. The van der Waals surface area contributed by atoms with Crippen molar-refractivity contribution >= 4 is 17.0 Å². The number of rotatable bonds is 3. The molecular weight excluding hydrogens is 234 g/mol. The van der Waals surface area contributed by atoms with Gasteiger partial charge in [-0.1, -0.05) is 36.4 Å². The van der Waals surface area contributed by atoms with Crippen LogP contribution in [-0.2, 0) is 13.6 Å². The number of para-hydroxylation sites is 2. The van der Waals surface area contributed by atoms with Gasteiger partial charge in [0.2, 0.25) is 5.95 Å². The smallest absolute Gasteiger partial charge is 0.203 e. The van der Waals surface area contributed by atoms with Crippen molar-refractivity contribution < 1.29 is 0 Å². The molecule has 0 unspecified atom stereocenters. The Kier molecular flexibility index (Phi) is 2.95. The number of nitrogens with one attached hydrogen (secondary N) is 1. The highest BCUT2D eigenvalue weighted by molar-refractivity contribution is 5.78. The van der Waals surface area contributed by atoms with E-state index in [4.69, 9.17) is 0 Å². The highest BCUT2D eigenvalue weighted by Crippen LogP contribution is 2.18. The summed E-state index contributed by atoms with van der Waals surface area (Å²) < 4.78 is 2.09. The number of aryl methyl sites for hydroxylation is 2. The third-order valence-corrected chi connectivity index (χ3v) is 3.49. The molecule has 3 nitrogen and oxygen atoms in total. The fourth-order valence-electron chi connectivity index (χ4n) is 2.29. The van der Waals surface area contributed by atoms with Crippen LogP contribution in [0.5, 0.6) is 0 Å². The zero-order chi connectivity index (χ0) is 13.2. The summed E-state index contributed by atoms with van der Waals surface area (Å²) >= 11 is 0. The van der Waals surface area contributed by atoms with Crippen LogP contribution in [0.1, 0.15) is 11.1 Å². The Labute approximate surface area is 112 Å². The minimum atomic E-state index is 0.795. The van der Waals surface area contributed by atoms with E-state index < -0.39 is 0 Å². The summed E-state index contributed by atoms with van der Waals surface area (Å²) in [6.07, 6.45) is 0. The van der Waals surface area contributed by atoms with Gasteiger partial charge >= 0.3 is 0 Å². The van der Waals surface area contributed by atoms with E-state index in [0.29, 0.717) is 0 Å². The highest BCUT2D eigenvalue weighted by Gasteiger charge is 2.06. The van der Waals surface area contributed by atoms with Crippen LogP contribution in [-0.4, -0.2) is 9.55 Å². The zero-order valence-electron chi connectivity index (χ0n) is 11.2. The number of nitrogens with zero attached hydrogens (tertiary/aromatic N) is 2. The minimum Gasteiger partial charge on any atom is -0.352 e. The number of hydrogen-bond acceptors (Lipinski definition) is 2. The molecule has 96 valence electrons. The molecule has 3 rings (SSSR count). The summed E-state index contributed by atoms with van der Waals surface area (Å²) in [5, 5.41) is 3.41. The van der Waals surface area contributed by atoms with Crippen molar-refractivity contribution in [3.63, 3.8) is 0 Å². The molecule has 0 amide bonds. The number of fused-ring (bicyclic) bond motifs is 1. The molecule has 0 saturated carbocycles. The van der Waals surface area contributed by atoms with Gasteiger partial charge in [0, 0.05) is 13.6 Å². The topological polar surface area (TPSA) is 29.9 Å². The molecule has 0 fully saturated rings. The van der Waals surface area contributed by atoms with Crippen molar-refractivity contribution in [1.82, 2.24) is 9.55 Å². The van der Waals surface area contributed by atoms with Gasteiger partial charge in [-0.05, 0) is 30.2 Å². The van der Waals surface area contributed by atoms with E-state index in [0.717, 1.165) is 23.5 Å². The molecule has 0 atom stereocenters. The molecule has 0 saturated heterocycles. The van der Waals surface area contributed by atoms with Gasteiger partial charge in [-0.3, -0.25) is 0 Å². The van der Waals surface area contributed by atoms with Crippen LogP contribution in [0.3, 0.4) is 0 Å². The fraction of sp³-hybridized carbons (Fsp3) is 0.188. The molecule has 2 aromatic carbocycles. The van der Waals surface area contributed by atoms with Gasteiger partial charge in [0.15, 0.2) is 0 Å². The number of anilines is 1. The van der Waals surface area contributed by atoms with Gasteiger partial charge in [-0.25, -0.2) is 4.98 Å². The van der Waals surface area contributed by atoms with E-state index in [-0.39, 0.29) is 0 Å². The van der Waals surface area contributed by atoms with Crippen LogP contribution < -0.4 is 5.32 Å². The lowest BCUT2D eigenvalue weighted by atomic mass is 10.1. The van der Waals surface area contributed by atoms with Crippen LogP contribution in [0.4, 0.5) is 5.95 Å².